The number of aromatic nitrogens is 1. The smallest absolute Gasteiger partial charge is 0.310 e. The van der Waals surface area contributed by atoms with Gasteiger partial charge in [-0.1, -0.05) is 30.3 Å². The van der Waals surface area contributed by atoms with Crippen molar-refractivity contribution in [2.24, 2.45) is 0 Å². The number of aliphatic hydroxyl groups excluding tert-OH is 1. The second-order valence-corrected chi connectivity index (χ2v) is 8.57. The number of rotatable bonds is 8. The molecule has 2 aromatic carbocycles. The molecule has 0 spiro atoms. The SMILES string of the molecule is O=C(C=C(O)c1cc(Cc2ccc(F)cc2)cn(Cc2ccccc2F)c1=O)C(=O)NN1CCCC1=O. The molecule has 0 saturated carbocycles. The quantitative estimate of drug-likeness (QED) is 0.277. The summed E-state index contributed by atoms with van der Waals surface area (Å²) < 4.78 is 28.8. The lowest BCUT2D eigenvalue weighted by Crippen LogP contribution is -2.45. The number of hydrogen-bond acceptors (Lipinski definition) is 5. The van der Waals surface area contributed by atoms with Crippen LogP contribution in [0.3, 0.4) is 0 Å². The van der Waals surface area contributed by atoms with E-state index in [1.165, 1.54) is 47.2 Å². The van der Waals surface area contributed by atoms with Crippen LogP contribution in [0.25, 0.3) is 5.76 Å². The standard InChI is InChI=1S/C27H23F2N3O5/c28-20-9-7-17(8-10-20)12-18-13-21(27(37)31(15-18)16-19-4-1-2-5-22(19)29)23(33)14-24(34)26(36)30-32-11-3-6-25(32)35/h1-2,4-5,7-10,13-15,33H,3,6,11-12,16H2,(H,30,36). The lowest BCUT2D eigenvalue weighted by atomic mass is 10.0. The predicted octanol–water partition coefficient (Wildman–Crippen LogP) is 2.89. The number of hydrogen-bond donors (Lipinski definition) is 2. The van der Waals surface area contributed by atoms with E-state index in [2.05, 4.69) is 5.43 Å². The molecule has 1 aliphatic heterocycles. The number of aliphatic hydroxyl groups is 1. The number of carbonyl (C=O) groups is 3. The predicted molar refractivity (Wildman–Crippen MR) is 130 cm³/mol. The van der Waals surface area contributed by atoms with Crippen LogP contribution in [-0.4, -0.2) is 38.8 Å². The lowest BCUT2D eigenvalue weighted by molar-refractivity contribution is -0.143. The first-order chi connectivity index (χ1) is 17.7. The highest BCUT2D eigenvalue weighted by molar-refractivity contribution is 6.41. The zero-order valence-corrected chi connectivity index (χ0v) is 19.6. The van der Waals surface area contributed by atoms with Crippen molar-refractivity contribution >= 4 is 23.4 Å². The average molecular weight is 507 g/mol. The molecule has 190 valence electrons. The van der Waals surface area contributed by atoms with E-state index in [-0.39, 0.29) is 43.0 Å². The van der Waals surface area contributed by atoms with Gasteiger partial charge in [-0.05, 0) is 48.2 Å². The monoisotopic (exact) mass is 507 g/mol. The lowest BCUT2D eigenvalue weighted by Gasteiger charge is -2.15. The normalized spacial score (nSPS) is 13.6. The van der Waals surface area contributed by atoms with Crippen molar-refractivity contribution in [3.63, 3.8) is 0 Å². The van der Waals surface area contributed by atoms with Crippen molar-refractivity contribution in [2.45, 2.75) is 25.8 Å². The van der Waals surface area contributed by atoms with Gasteiger partial charge in [0.1, 0.15) is 17.4 Å². The zero-order valence-electron chi connectivity index (χ0n) is 19.6. The van der Waals surface area contributed by atoms with Crippen molar-refractivity contribution < 1.29 is 28.3 Å². The molecular formula is C27H23F2N3O5. The second kappa shape index (κ2) is 11.0. The average Bonchev–Trinajstić information content (AvgIpc) is 3.27. The number of hydrazine groups is 1. The van der Waals surface area contributed by atoms with Crippen molar-refractivity contribution in [3.8, 4) is 0 Å². The van der Waals surface area contributed by atoms with E-state index >= 15 is 0 Å². The van der Waals surface area contributed by atoms with Gasteiger partial charge in [0, 0.05) is 30.8 Å². The van der Waals surface area contributed by atoms with Crippen molar-refractivity contribution in [1.82, 2.24) is 15.0 Å². The van der Waals surface area contributed by atoms with E-state index in [4.69, 9.17) is 0 Å². The summed E-state index contributed by atoms with van der Waals surface area (Å²) in [6.45, 7) is 0.105. The largest absolute Gasteiger partial charge is 0.507 e. The van der Waals surface area contributed by atoms with Crippen molar-refractivity contribution in [2.75, 3.05) is 6.54 Å². The number of amides is 2. The third-order valence-corrected chi connectivity index (χ3v) is 5.84. The topological polar surface area (TPSA) is 109 Å². The number of benzene rings is 2. The fourth-order valence-electron chi connectivity index (χ4n) is 3.96. The molecule has 1 aromatic heterocycles. The first kappa shape index (κ1) is 25.5. The number of halogens is 2. The number of carbonyl (C=O) groups excluding carboxylic acids is 3. The van der Waals surface area contributed by atoms with Crippen molar-refractivity contribution in [1.29, 1.82) is 0 Å². The van der Waals surface area contributed by atoms with E-state index in [0.29, 0.717) is 23.6 Å². The Balaban J connectivity index is 1.67. The summed E-state index contributed by atoms with van der Waals surface area (Å²) in [6, 6.07) is 12.9. The van der Waals surface area contributed by atoms with Gasteiger partial charge in [-0.3, -0.25) is 29.6 Å². The van der Waals surface area contributed by atoms with Crippen LogP contribution >= 0.6 is 0 Å². The van der Waals surface area contributed by atoms with Gasteiger partial charge < -0.3 is 9.67 Å². The zero-order chi connectivity index (χ0) is 26.5. The van der Waals surface area contributed by atoms with Crippen LogP contribution in [0.5, 0.6) is 0 Å². The van der Waals surface area contributed by atoms with E-state index in [0.717, 1.165) is 5.01 Å². The third kappa shape index (κ3) is 6.16. The molecule has 2 heterocycles. The van der Waals surface area contributed by atoms with E-state index < -0.39 is 34.6 Å². The van der Waals surface area contributed by atoms with Crippen LogP contribution in [-0.2, 0) is 27.3 Å². The Hall–Kier alpha value is -4.60. The molecule has 4 rings (SSSR count). The minimum absolute atomic E-state index is 0.158. The molecule has 1 fully saturated rings. The molecule has 37 heavy (non-hydrogen) atoms. The fourth-order valence-corrected chi connectivity index (χ4v) is 3.96. The first-order valence-corrected chi connectivity index (χ1v) is 11.5. The van der Waals surface area contributed by atoms with E-state index in [1.54, 1.807) is 18.2 Å². The molecule has 2 N–H and O–H groups in total. The number of nitrogens with zero attached hydrogens (tertiary/aromatic N) is 2. The van der Waals surface area contributed by atoms with E-state index in [9.17, 15) is 33.1 Å². The number of pyridine rings is 1. The molecule has 1 saturated heterocycles. The Bertz CT molecular complexity index is 1450. The molecule has 0 atom stereocenters. The van der Waals surface area contributed by atoms with Crippen LogP contribution in [0.4, 0.5) is 8.78 Å². The highest BCUT2D eigenvalue weighted by atomic mass is 19.1. The highest BCUT2D eigenvalue weighted by Crippen LogP contribution is 2.16. The molecule has 0 aliphatic carbocycles. The molecule has 0 bridgehead atoms. The third-order valence-electron chi connectivity index (χ3n) is 5.84. The molecule has 0 radical (unpaired) electrons. The fraction of sp³-hybridized carbons (Fsp3) is 0.185. The summed E-state index contributed by atoms with van der Waals surface area (Å²) >= 11 is 0. The summed E-state index contributed by atoms with van der Waals surface area (Å²) in [4.78, 5) is 49.4. The summed E-state index contributed by atoms with van der Waals surface area (Å²) in [5.74, 6) is -4.35. The van der Waals surface area contributed by atoms with E-state index in [1.807, 2.05) is 0 Å². The van der Waals surface area contributed by atoms with Crippen molar-refractivity contribution in [3.05, 3.63) is 111 Å². The number of nitrogens with one attached hydrogen (secondary N) is 1. The maximum atomic E-state index is 14.3. The highest BCUT2D eigenvalue weighted by Gasteiger charge is 2.24. The Labute approximate surface area is 210 Å². The van der Waals surface area contributed by atoms with Gasteiger partial charge >= 0.3 is 5.91 Å². The molecule has 10 heteroatoms. The Kier molecular flexibility index (Phi) is 7.57. The first-order valence-electron chi connectivity index (χ1n) is 11.5. The Morgan fingerprint density at radius 2 is 1.76 bits per heavy atom. The van der Waals surface area contributed by atoms with Crippen LogP contribution in [0.15, 0.2) is 71.7 Å². The van der Waals surface area contributed by atoms with Gasteiger partial charge in [-0.2, -0.15) is 0 Å². The van der Waals surface area contributed by atoms with Crippen LogP contribution in [0, 0.1) is 11.6 Å². The minimum Gasteiger partial charge on any atom is -0.507 e. The van der Waals surface area contributed by atoms with Gasteiger partial charge in [0.05, 0.1) is 12.1 Å². The summed E-state index contributed by atoms with van der Waals surface area (Å²) in [7, 11) is 0. The van der Waals surface area contributed by atoms with Crippen LogP contribution < -0.4 is 11.0 Å². The van der Waals surface area contributed by atoms with Gasteiger partial charge in [-0.25, -0.2) is 8.78 Å². The van der Waals surface area contributed by atoms with Gasteiger partial charge in [0.15, 0.2) is 0 Å². The summed E-state index contributed by atoms with van der Waals surface area (Å²) in [5.41, 5.74) is 2.62. The Morgan fingerprint density at radius 1 is 1.03 bits per heavy atom. The molecule has 8 nitrogen and oxygen atoms in total. The summed E-state index contributed by atoms with van der Waals surface area (Å²) in [6.07, 6.45) is 3.11. The Morgan fingerprint density at radius 3 is 2.43 bits per heavy atom. The van der Waals surface area contributed by atoms with Crippen LogP contribution in [0.1, 0.15) is 35.1 Å². The minimum atomic E-state index is -1.17. The van der Waals surface area contributed by atoms with Gasteiger partial charge in [0.2, 0.25) is 11.7 Å². The second-order valence-electron chi connectivity index (χ2n) is 8.57. The van der Waals surface area contributed by atoms with Gasteiger partial charge in [0.25, 0.3) is 5.56 Å². The molecular weight excluding hydrogens is 484 g/mol. The molecule has 2 amide bonds. The van der Waals surface area contributed by atoms with Gasteiger partial charge in [-0.15, -0.1) is 0 Å². The van der Waals surface area contributed by atoms with Crippen LogP contribution in [0.2, 0.25) is 0 Å². The number of ketones is 1. The molecule has 3 aromatic rings. The molecule has 1 aliphatic rings. The maximum Gasteiger partial charge on any atom is 0.310 e. The summed E-state index contributed by atoms with van der Waals surface area (Å²) in [5, 5.41) is 11.7. The molecule has 0 unspecified atom stereocenters. The maximum absolute atomic E-state index is 14.3.